The zero-order valence-corrected chi connectivity index (χ0v) is 9.92. The van der Waals surface area contributed by atoms with Gasteiger partial charge in [-0.05, 0) is 18.4 Å². The Morgan fingerprint density at radius 3 is 2.94 bits per heavy atom. The molecule has 2 aromatic rings. The topological polar surface area (TPSA) is 67.5 Å². The third-order valence-electron chi connectivity index (χ3n) is 2.66. The largest absolute Gasteiger partial charge is 0.481 e. The lowest BCUT2D eigenvalue weighted by Crippen LogP contribution is -2.01. The quantitative estimate of drug-likeness (QED) is 0.875. The van der Waals surface area contributed by atoms with Crippen molar-refractivity contribution < 1.29 is 9.90 Å². The number of aryl methyl sites for hydroxylation is 1. The number of rotatable bonds is 4. The molecule has 0 bridgehead atoms. The van der Waals surface area contributed by atoms with Crippen molar-refractivity contribution in [1.82, 2.24) is 14.6 Å². The third kappa shape index (κ3) is 2.27. The predicted molar refractivity (Wildman–Crippen MR) is 63.0 cm³/mol. The summed E-state index contributed by atoms with van der Waals surface area (Å²) in [7, 11) is 0. The van der Waals surface area contributed by atoms with Crippen molar-refractivity contribution in [1.29, 1.82) is 0 Å². The fourth-order valence-corrected chi connectivity index (χ4v) is 1.89. The maximum absolute atomic E-state index is 10.7. The van der Waals surface area contributed by atoms with Gasteiger partial charge >= 0.3 is 5.97 Å². The number of fused-ring (bicyclic) bond motifs is 1. The Hall–Kier alpha value is -1.91. The standard InChI is InChI=1S/C12H15N3O2/c1-8(2)11-9(4-5-10(16)17)12-13-6-3-7-15(12)14-11/h3,6-8H,4-5H2,1-2H3,(H,16,17). The molecule has 2 heterocycles. The number of carboxylic acid groups (broad SMARTS) is 1. The van der Waals surface area contributed by atoms with E-state index in [9.17, 15) is 4.79 Å². The Morgan fingerprint density at radius 2 is 2.29 bits per heavy atom. The summed E-state index contributed by atoms with van der Waals surface area (Å²) in [5, 5.41) is 13.2. The number of hydrogen-bond acceptors (Lipinski definition) is 3. The first kappa shape index (κ1) is 11.6. The van der Waals surface area contributed by atoms with E-state index < -0.39 is 5.97 Å². The van der Waals surface area contributed by atoms with Gasteiger partial charge in [0.05, 0.1) is 5.69 Å². The van der Waals surface area contributed by atoms with E-state index in [1.807, 2.05) is 26.1 Å². The highest BCUT2D eigenvalue weighted by Crippen LogP contribution is 2.22. The summed E-state index contributed by atoms with van der Waals surface area (Å²) in [5.74, 6) is -0.532. The molecule has 0 saturated carbocycles. The molecule has 0 aliphatic heterocycles. The van der Waals surface area contributed by atoms with E-state index in [1.54, 1.807) is 10.7 Å². The Balaban J connectivity index is 2.48. The van der Waals surface area contributed by atoms with Crippen LogP contribution in [0.3, 0.4) is 0 Å². The van der Waals surface area contributed by atoms with Crippen molar-refractivity contribution in [2.45, 2.75) is 32.6 Å². The molecule has 0 amide bonds. The molecule has 0 unspecified atom stereocenters. The van der Waals surface area contributed by atoms with Gasteiger partial charge in [-0.25, -0.2) is 9.50 Å². The van der Waals surface area contributed by atoms with Crippen LogP contribution in [0.2, 0.25) is 0 Å². The summed E-state index contributed by atoms with van der Waals surface area (Å²) < 4.78 is 1.71. The molecule has 5 heteroatoms. The van der Waals surface area contributed by atoms with Gasteiger partial charge in [0.1, 0.15) is 0 Å². The molecule has 0 aliphatic carbocycles. The van der Waals surface area contributed by atoms with Crippen LogP contribution in [0.25, 0.3) is 5.65 Å². The Kier molecular flexibility index (Phi) is 3.08. The lowest BCUT2D eigenvalue weighted by Gasteiger charge is -2.03. The first-order valence-electron chi connectivity index (χ1n) is 5.63. The van der Waals surface area contributed by atoms with Gasteiger partial charge in [-0.2, -0.15) is 5.10 Å². The summed E-state index contributed by atoms with van der Waals surface area (Å²) in [4.78, 5) is 14.9. The van der Waals surface area contributed by atoms with Crippen LogP contribution in [0.5, 0.6) is 0 Å². The van der Waals surface area contributed by atoms with Gasteiger partial charge in [-0.15, -0.1) is 0 Å². The molecular weight excluding hydrogens is 218 g/mol. The van der Waals surface area contributed by atoms with E-state index in [1.165, 1.54) is 0 Å². The molecule has 0 radical (unpaired) electrons. The normalized spacial score (nSPS) is 11.2. The highest BCUT2D eigenvalue weighted by Gasteiger charge is 2.16. The lowest BCUT2D eigenvalue weighted by molar-refractivity contribution is -0.136. The molecule has 90 valence electrons. The van der Waals surface area contributed by atoms with E-state index in [0.29, 0.717) is 6.42 Å². The van der Waals surface area contributed by atoms with Crippen LogP contribution in [0.4, 0.5) is 0 Å². The van der Waals surface area contributed by atoms with Crippen molar-refractivity contribution in [2.75, 3.05) is 0 Å². The number of aliphatic carboxylic acids is 1. The molecule has 1 N–H and O–H groups in total. The fourth-order valence-electron chi connectivity index (χ4n) is 1.89. The molecule has 0 atom stereocenters. The van der Waals surface area contributed by atoms with Crippen LogP contribution < -0.4 is 0 Å². The number of hydrogen-bond donors (Lipinski definition) is 1. The van der Waals surface area contributed by atoms with Gasteiger partial charge in [0.15, 0.2) is 5.65 Å². The smallest absolute Gasteiger partial charge is 0.303 e. The van der Waals surface area contributed by atoms with Crippen LogP contribution in [0.1, 0.15) is 37.4 Å². The Labute approximate surface area is 99.1 Å². The van der Waals surface area contributed by atoms with E-state index in [-0.39, 0.29) is 12.3 Å². The fraction of sp³-hybridized carbons (Fsp3) is 0.417. The Morgan fingerprint density at radius 1 is 1.53 bits per heavy atom. The second kappa shape index (κ2) is 4.53. The second-order valence-electron chi connectivity index (χ2n) is 4.30. The molecule has 0 aromatic carbocycles. The minimum atomic E-state index is -0.796. The first-order valence-corrected chi connectivity index (χ1v) is 5.63. The zero-order valence-electron chi connectivity index (χ0n) is 9.92. The van der Waals surface area contributed by atoms with E-state index >= 15 is 0 Å². The third-order valence-corrected chi connectivity index (χ3v) is 2.66. The molecule has 5 nitrogen and oxygen atoms in total. The number of nitrogens with zero attached hydrogens (tertiary/aromatic N) is 3. The summed E-state index contributed by atoms with van der Waals surface area (Å²) >= 11 is 0. The van der Waals surface area contributed by atoms with E-state index in [4.69, 9.17) is 5.11 Å². The van der Waals surface area contributed by atoms with Crippen LogP contribution in [-0.4, -0.2) is 25.7 Å². The van der Waals surface area contributed by atoms with Gasteiger partial charge in [0, 0.05) is 24.4 Å². The van der Waals surface area contributed by atoms with E-state index in [0.717, 1.165) is 16.9 Å². The van der Waals surface area contributed by atoms with Crippen LogP contribution in [-0.2, 0) is 11.2 Å². The molecule has 2 aromatic heterocycles. The van der Waals surface area contributed by atoms with Crippen LogP contribution in [0.15, 0.2) is 18.5 Å². The summed E-state index contributed by atoms with van der Waals surface area (Å²) in [6.45, 7) is 4.10. The van der Waals surface area contributed by atoms with Gasteiger partial charge < -0.3 is 5.11 Å². The van der Waals surface area contributed by atoms with Crippen molar-refractivity contribution in [2.24, 2.45) is 0 Å². The minimum Gasteiger partial charge on any atom is -0.481 e. The van der Waals surface area contributed by atoms with Crippen molar-refractivity contribution in [3.8, 4) is 0 Å². The maximum Gasteiger partial charge on any atom is 0.303 e. The number of carbonyl (C=O) groups is 1. The van der Waals surface area contributed by atoms with E-state index in [2.05, 4.69) is 10.1 Å². The molecule has 0 saturated heterocycles. The summed E-state index contributed by atoms with van der Waals surface area (Å²) in [5.41, 5.74) is 2.64. The van der Waals surface area contributed by atoms with Gasteiger partial charge in [-0.1, -0.05) is 13.8 Å². The highest BCUT2D eigenvalue weighted by molar-refractivity contribution is 5.68. The highest BCUT2D eigenvalue weighted by atomic mass is 16.4. The molecule has 0 spiro atoms. The van der Waals surface area contributed by atoms with Crippen molar-refractivity contribution in [3.63, 3.8) is 0 Å². The SMILES string of the molecule is CC(C)c1nn2cccnc2c1CCC(=O)O. The predicted octanol–water partition coefficient (Wildman–Crippen LogP) is 1.87. The average molecular weight is 233 g/mol. The van der Waals surface area contributed by atoms with Crippen LogP contribution >= 0.6 is 0 Å². The molecule has 0 aliphatic rings. The minimum absolute atomic E-state index is 0.109. The first-order chi connectivity index (χ1) is 8.09. The Bertz CT molecular complexity index is 546. The molecular formula is C12H15N3O2. The van der Waals surface area contributed by atoms with Gasteiger partial charge in [0.25, 0.3) is 0 Å². The van der Waals surface area contributed by atoms with Gasteiger partial charge in [0.2, 0.25) is 0 Å². The summed E-state index contributed by atoms with van der Waals surface area (Å²) in [6, 6.07) is 1.81. The van der Waals surface area contributed by atoms with Crippen LogP contribution in [0, 0.1) is 0 Å². The maximum atomic E-state index is 10.7. The summed E-state index contributed by atoms with van der Waals surface area (Å²) in [6.07, 6.45) is 4.12. The van der Waals surface area contributed by atoms with Crippen molar-refractivity contribution in [3.05, 3.63) is 29.7 Å². The second-order valence-corrected chi connectivity index (χ2v) is 4.30. The van der Waals surface area contributed by atoms with Crippen molar-refractivity contribution >= 4 is 11.6 Å². The molecule has 17 heavy (non-hydrogen) atoms. The monoisotopic (exact) mass is 233 g/mol. The van der Waals surface area contributed by atoms with Gasteiger partial charge in [-0.3, -0.25) is 4.79 Å². The zero-order chi connectivity index (χ0) is 12.4. The number of carboxylic acids is 1. The molecule has 0 fully saturated rings. The lowest BCUT2D eigenvalue weighted by atomic mass is 10.0. The average Bonchev–Trinajstić information content (AvgIpc) is 2.65. The molecule has 2 rings (SSSR count). The number of aromatic nitrogens is 3.